The Morgan fingerprint density at radius 3 is 2.27 bits per heavy atom. The molecule has 0 spiro atoms. The lowest BCUT2D eigenvalue weighted by atomic mass is 9.84. The standard InChI is InChI=1S/C16H25NO5/c1-9(6-13(17)16(18)19)10(2)12-7-11(20-3)8-14(21-4)15(12)22-5/h7-10,13H,6,17H2,1-5H3,(H,18,19). The fourth-order valence-electron chi connectivity index (χ4n) is 2.44. The highest BCUT2D eigenvalue weighted by atomic mass is 16.5. The number of benzene rings is 1. The molecule has 1 aromatic carbocycles. The second kappa shape index (κ2) is 7.89. The van der Waals surface area contributed by atoms with E-state index < -0.39 is 12.0 Å². The van der Waals surface area contributed by atoms with Crippen LogP contribution in [0.25, 0.3) is 0 Å². The van der Waals surface area contributed by atoms with Crippen molar-refractivity contribution in [3.63, 3.8) is 0 Å². The van der Waals surface area contributed by atoms with Gasteiger partial charge >= 0.3 is 5.97 Å². The summed E-state index contributed by atoms with van der Waals surface area (Å²) < 4.78 is 16.1. The molecule has 0 bridgehead atoms. The molecule has 22 heavy (non-hydrogen) atoms. The fraction of sp³-hybridized carbons (Fsp3) is 0.562. The summed E-state index contributed by atoms with van der Waals surface area (Å²) in [6.45, 7) is 3.98. The third kappa shape index (κ3) is 4.04. The van der Waals surface area contributed by atoms with Crippen molar-refractivity contribution < 1.29 is 24.1 Å². The van der Waals surface area contributed by atoms with Crippen molar-refractivity contribution in [2.45, 2.75) is 32.2 Å². The van der Waals surface area contributed by atoms with Crippen molar-refractivity contribution in [3.8, 4) is 17.2 Å². The van der Waals surface area contributed by atoms with Gasteiger partial charge in [0.05, 0.1) is 21.3 Å². The first-order valence-electron chi connectivity index (χ1n) is 7.13. The number of nitrogens with two attached hydrogens (primary N) is 1. The van der Waals surface area contributed by atoms with Gasteiger partial charge in [0.25, 0.3) is 0 Å². The van der Waals surface area contributed by atoms with Crippen molar-refractivity contribution in [1.29, 1.82) is 0 Å². The van der Waals surface area contributed by atoms with Crippen LogP contribution in [0.15, 0.2) is 12.1 Å². The van der Waals surface area contributed by atoms with Crippen molar-refractivity contribution >= 4 is 5.97 Å². The molecule has 0 aliphatic rings. The molecule has 0 saturated carbocycles. The molecule has 0 aromatic heterocycles. The lowest BCUT2D eigenvalue weighted by molar-refractivity contribution is -0.138. The molecular weight excluding hydrogens is 286 g/mol. The van der Waals surface area contributed by atoms with Gasteiger partial charge in [0.15, 0.2) is 11.5 Å². The van der Waals surface area contributed by atoms with E-state index in [9.17, 15) is 4.79 Å². The molecule has 124 valence electrons. The maximum Gasteiger partial charge on any atom is 0.320 e. The van der Waals surface area contributed by atoms with Crippen LogP contribution in [0.3, 0.4) is 0 Å². The topological polar surface area (TPSA) is 91.0 Å². The Kier molecular flexibility index (Phi) is 6.49. The summed E-state index contributed by atoms with van der Waals surface area (Å²) in [4.78, 5) is 10.9. The largest absolute Gasteiger partial charge is 0.497 e. The highest BCUT2D eigenvalue weighted by Crippen LogP contribution is 2.42. The van der Waals surface area contributed by atoms with Gasteiger partial charge in [-0.25, -0.2) is 0 Å². The minimum Gasteiger partial charge on any atom is -0.497 e. The summed E-state index contributed by atoms with van der Waals surface area (Å²) in [5, 5.41) is 8.96. The third-order valence-corrected chi connectivity index (χ3v) is 4.00. The second-order valence-corrected chi connectivity index (χ2v) is 5.40. The van der Waals surface area contributed by atoms with E-state index in [-0.39, 0.29) is 11.8 Å². The van der Waals surface area contributed by atoms with Crippen LogP contribution in [0.5, 0.6) is 17.2 Å². The van der Waals surface area contributed by atoms with Crippen LogP contribution in [0, 0.1) is 5.92 Å². The van der Waals surface area contributed by atoms with Crippen molar-refractivity contribution in [2.75, 3.05) is 21.3 Å². The molecule has 0 radical (unpaired) electrons. The second-order valence-electron chi connectivity index (χ2n) is 5.40. The number of hydrogen-bond donors (Lipinski definition) is 2. The minimum atomic E-state index is -0.991. The van der Waals surface area contributed by atoms with Gasteiger partial charge in [-0.1, -0.05) is 13.8 Å². The van der Waals surface area contributed by atoms with Crippen LogP contribution in [-0.2, 0) is 4.79 Å². The molecule has 0 saturated heterocycles. The van der Waals surface area contributed by atoms with E-state index in [4.69, 9.17) is 25.1 Å². The Morgan fingerprint density at radius 1 is 1.18 bits per heavy atom. The third-order valence-electron chi connectivity index (χ3n) is 4.00. The maximum atomic E-state index is 10.9. The van der Waals surface area contributed by atoms with Gasteiger partial charge < -0.3 is 25.1 Å². The summed E-state index contributed by atoms with van der Waals surface area (Å²) in [5.74, 6) is 0.967. The van der Waals surface area contributed by atoms with E-state index in [0.717, 1.165) is 5.56 Å². The molecule has 0 aliphatic heterocycles. The first-order valence-corrected chi connectivity index (χ1v) is 7.13. The number of aliphatic carboxylic acids is 1. The summed E-state index contributed by atoms with van der Waals surface area (Å²) in [7, 11) is 4.73. The van der Waals surface area contributed by atoms with Gasteiger partial charge in [-0.3, -0.25) is 4.79 Å². The molecule has 0 aliphatic carbocycles. The van der Waals surface area contributed by atoms with Crippen molar-refractivity contribution in [1.82, 2.24) is 0 Å². The average Bonchev–Trinajstić information content (AvgIpc) is 2.52. The Morgan fingerprint density at radius 2 is 1.82 bits per heavy atom. The van der Waals surface area contributed by atoms with Gasteiger partial charge in [0.2, 0.25) is 0 Å². The summed E-state index contributed by atoms with van der Waals surface area (Å²) in [5.41, 5.74) is 6.54. The highest BCUT2D eigenvalue weighted by molar-refractivity contribution is 5.73. The molecule has 3 unspecified atom stereocenters. The van der Waals surface area contributed by atoms with Crippen LogP contribution < -0.4 is 19.9 Å². The van der Waals surface area contributed by atoms with Crippen molar-refractivity contribution in [3.05, 3.63) is 17.7 Å². The van der Waals surface area contributed by atoms with E-state index in [1.54, 1.807) is 27.4 Å². The molecule has 0 amide bonds. The zero-order valence-electron chi connectivity index (χ0n) is 13.8. The number of rotatable bonds is 8. The molecule has 6 heteroatoms. The number of carboxylic acids is 1. The van der Waals surface area contributed by atoms with Crippen LogP contribution in [-0.4, -0.2) is 38.4 Å². The zero-order chi connectivity index (χ0) is 16.9. The number of hydrogen-bond acceptors (Lipinski definition) is 5. The van der Waals surface area contributed by atoms with Crippen LogP contribution in [0.2, 0.25) is 0 Å². The molecule has 6 nitrogen and oxygen atoms in total. The number of methoxy groups -OCH3 is 3. The van der Waals surface area contributed by atoms with Crippen LogP contribution in [0.1, 0.15) is 31.7 Å². The van der Waals surface area contributed by atoms with Gasteiger partial charge in [0, 0.05) is 11.6 Å². The predicted molar refractivity (Wildman–Crippen MR) is 83.9 cm³/mol. The Bertz CT molecular complexity index is 518. The first kappa shape index (κ1) is 18.1. The van der Waals surface area contributed by atoms with Gasteiger partial charge in [0.1, 0.15) is 11.8 Å². The molecule has 1 rings (SSSR count). The van der Waals surface area contributed by atoms with Gasteiger partial charge in [-0.2, -0.15) is 0 Å². The van der Waals surface area contributed by atoms with E-state index in [0.29, 0.717) is 23.7 Å². The summed E-state index contributed by atoms with van der Waals surface area (Å²) in [6.07, 6.45) is 0.374. The smallest absolute Gasteiger partial charge is 0.320 e. The zero-order valence-corrected chi connectivity index (χ0v) is 13.8. The van der Waals surface area contributed by atoms with E-state index in [1.165, 1.54) is 0 Å². The Labute approximate surface area is 131 Å². The summed E-state index contributed by atoms with van der Waals surface area (Å²) >= 11 is 0. The lowest BCUT2D eigenvalue weighted by Gasteiger charge is -2.25. The van der Waals surface area contributed by atoms with E-state index >= 15 is 0 Å². The number of carbonyl (C=O) groups is 1. The quantitative estimate of drug-likeness (QED) is 0.765. The number of carboxylic acid groups (broad SMARTS) is 1. The minimum absolute atomic E-state index is 0.0318. The molecule has 0 fully saturated rings. The fourth-order valence-corrected chi connectivity index (χ4v) is 2.44. The molecule has 0 heterocycles. The maximum absolute atomic E-state index is 10.9. The Balaban J connectivity index is 3.14. The monoisotopic (exact) mass is 311 g/mol. The molecular formula is C16H25NO5. The van der Waals surface area contributed by atoms with E-state index in [2.05, 4.69) is 0 Å². The van der Waals surface area contributed by atoms with Crippen LogP contribution >= 0.6 is 0 Å². The summed E-state index contributed by atoms with van der Waals surface area (Å²) in [6, 6.07) is 2.76. The van der Waals surface area contributed by atoms with Crippen molar-refractivity contribution in [2.24, 2.45) is 11.7 Å². The molecule has 1 aromatic rings. The average molecular weight is 311 g/mol. The normalized spacial score (nSPS) is 14.8. The van der Waals surface area contributed by atoms with Gasteiger partial charge in [-0.05, 0) is 24.3 Å². The SMILES string of the molecule is COc1cc(OC)c(OC)c(C(C)C(C)CC(N)C(=O)O)c1. The lowest BCUT2D eigenvalue weighted by Crippen LogP contribution is -2.32. The predicted octanol–water partition coefficient (Wildman–Crippen LogP) is 2.25. The molecule has 3 atom stereocenters. The Hall–Kier alpha value is -1.95. The number of ether oxygens (including phenoxy) is 3. The van der Waals surface area contributed by atoms with Crippen LogP contribution in [0.4, 0.5) is 0 Å². The van der Waals surface area contributed by atoms with Gasteiger partial charge in [-0.15, -0.1) is 0 Å². The van der Waals surface area contributed by atoms with E-state index in [1.807, 2.05) is 19.9 Å². The highest BCUT2D eigenvalue weighted by Gasteiger charge is 2.25. The first-order chi connectivity index (χ1) is 10.3. The molecule has 3 N–H and O–H groups in total.